The summed E-state index contributed by atoms with van der Waals surface area (Å²) in [6.45, 7) is 2.40. The normalized spacial score (nSPS) is 14.6. The van der Waals surface area contributed by atoms with Crippen LogP contribution in [0.1, 0.15) is 29.3 Å². The van der Waals surface area contributed by atoms with Gasteiger partial charge in [0.25, 0.3) is 17.5 Å². The summed E-state index contributed by atoms with van der Waals surface area (Å²) in [6.07, 6.45) is 1.54. The van der Waals surface area contributed by atoms with E-state index >= 15 is 0 Å². The first-order valence-electron chi connectivity index (χ1n) is 14.2. The fraction of sp³-hybridized carbons (Fsp3) is 0.118. The summed E-state index contributed by atoms with van der Waals surface area (Å²) in [5.74, 6) is -1.13. The van der Waals surface area contributed by atoms with E-state index in [1.807, 2.05) is 6.92 Å². The average Bonchev–Trinajstić information content (AvgIpc) is 3.34. The Morgan fingerprint density at radius 3 is 2.26 bits per heavy atom. The summed E-state index contributed by atoms with van der Waals surface area (Å²) in [5.41, 5.74) is 1.67. The Hall–Kier alpha value is -5.75. The lowest BCUT2D eigenvalue weighted by atomic mass is 10.1. The number of nitro groups is 1. The fourth-order valence-electron chi connectivity index (χ4n) is 4.61. The summed E-state index contributed by atoms with van der Waals surface area (Å²) >= 11 is 1.20. The molecule has 12 heteroatoms. The van der Waals surface area contributed by atoms with Gasteiger partial charge in [0.2, 0.25) is 11.8 Å². The topological polar surface area (TPSA) is 148 Å². The van der Waals surface area contributed by atoms with Gasteiger partial charge in [0, 0.05) is 34.7 Å². The summed E-state index contributed by atoms with van der Waals surface area (Å²) in [6, 6.07) is 27.6. The van der Waals surface area contributed by atoms with Gasteiger partial charge in [0.1, 0.15) is 11.4 Å². The molecule has 0 saturated carbocycles. The minimum Gasteiger partial charge on any atom is -0.494 e. The molecule has 4 amide bonds. The molecule has 1 aliphatic heterocycles. The van der Waals surface area contributed by atoms with Gasteiger partial charge in [-0.25, -0.2) is 4.90 Å². The van der Waals surface area contributed by atoms with Gasteiger partial charge in [-0.15, -0.1) is 11.8 Å². The maximum Gasteiger partial charge on any atom is 0.272 e. The molecule has 232 valence electrons. The van der Waals surface area contributed by atoms with E-state index in [1.165, 1.54) is 36.0 Å². The molecule has 1 unspecified atom stereocenters. The first kappa shape index (κ1) is 31.7. The van der Waals surface area contributed by atoms with Crippen molar-refractivity contribution >= 4 is 58.5 Å². The first-order chi connectivity index (χ1) is 22.2. The maximum atomic E-state index is 13.4. The number of rotatable bonds is 11. The third-order valence-electron chi connectivity index (χ3n) is 6.85. The van der Waals surface area contributed by atoms with Crippen molar-refractivity contribution in [2.45, 2.75) is 23.5 Å². The lowest BCUT2D eigenvalue weighted by molar-refractivity contribution is -0.384. The molecule has 1 saturated heterocycles. The van der Waals surface area contributed by atoms with Gasteiger partial charge in [0.05, 0.1) is 22.5 Å². The lowest BCUT2D eigenvalue weighted by Gasteiger charge is -2.15. The highest BCUT2D eigenvalue weighted by Gasteiger charge is 2.40. The molecule has 1 atom stereocenters. The summed E-state index contributed by atoms with van der Waals surface area (Å²) in [5, 5.41) is 15.8. The molecule has 0 spiro atoms. The Labute approximate surface area is 268 Å². The standard InChI is InChI=1S/C34H28N4O7S/c1-2-45-27-16-8-22(9-17-27)20-29(36-32(40)23-6-4-3-5-7-23)33(41)35-24-10-18-28(19-11-24)46-30-21-31(39)37(34(30)42)25-12-14-26(15-13-25)38(43)44/h3-20,30H,2,21H2,1H3,(H,35,41)(H,36,40)/b29-20-. The molecule has 0 radical (unpaired) electrons. The average molecular weight is 637 g/mol. The van der Waals surface area contributed by atoms with E-state index < -0.39 is 33.8 Å². The summed E-state index contributed by atoms with van der Waals surface area (Å²) in [7, 11) is 0. The zero-order valence-corrected chi connectivity index (χ0v) is 25.4. The van der Waals surface area contributed by atoms with Crippen molar-refractivity contribution in [3.8, 4) is 5.75 Å². The number of benzene rings is 4. The number of imide groups is 1. The number of nitrogens with zero attached hydrogens (tertiary/aromatic N) is 2. The van der Waals surface area contributed by atoms with E-state index in [-0.39, 0.29) is 23.5 Å². The number of thioether (sulfide) groups is 1. The molecule has 2 N–H and O–H groups in total. The smallest absolute Gasteiger partial charge is 0.272 e. The van der Waals surface area contributed by atoms with Crippen LogP contribution in [-0.4, -0.2) is 40.4 Å². The number of carbonyl (C=O) groups is 4. The molecule has 4 aromatic rings. The maximum absolute atomic E-state index is 13.4. The minimum absolute atomic E-state index is 0.0258. The third-order valence-corrected chi connectivity index (χ3v) is 8.04. The van der Waals surface area contributed by atoms with E-state index in [4.69, 9.17) is 4.74 Å². The number of hydrogen-bond acceptors (Lipinski definition) is 8. The lowest BCUT2D eigenvalue weighted by Crippen LogP contribution is -2.31. The Balaban J connectivity index is 1.27. The van der Waals surface area contributed by atoms with Crippen LogP contribution in [-0.2, 0) is 14.4 Å². The van der Waals surface area contributed by atoms with Gasteiger partial charge >= 0.3 is 0 Å². The monoisotopic (exact) mass is 636 g/mol. The van der Waals surface area contributed by atoms with Crippen molar-refractivity contribution in [2.75, 3.05) is 16.8 Å². The number of nitro benzene ring substituents is 1. The number of non-ortho nitro benzene ring substituents is 1. The zero-order valence-electron chi connectivity index (χ0n) is 24.5. The molecule has 1 aliphatic rings. The van der Waals surface area contributed by atoms with Crippen LogP contribution >= 0.6 is 11.8 Å². The van der Waals surface area contributed by atoms with Crippen LogP contribution in [0.3, 0.4) is 0 Å². The van der Waals surface area contributed by atoms with E-state index in [9.17, 15) is 29.3 Å². The van der Waals surface area contributed by atoms with Crippen LogP contribution in [0.5, 0.6) is 5.75 Å². The van der Waals surface area contributed by atoms with Gasteiger partial charge in [0.15, 0.2) is 0 Å². The predicted octanol–water partition coefficient (Wildman–Crippen LogP) is 5.83. The second-order valence-electron chi connectivity index (χ2n) is 10.0. The summed E-state index contributed by atoms with van der Waals surface area (Å²) in [4.78, 5) is 64.1. The van der Waals surface area contributed by atoms with Crippen LogP contribution in [0, 0.1) is 10.1 Å². The Morgan fingerprint density at radius 2 is 1.63 bits per heavy atom. The van der Waals surface area contributed by atoms with Crippen molar-refractivity contribution in [1.29, 1.82) is 0 Å². The van der Waals surface area contributed by atoms with Crippen molar-refractivity contribution in [2.24, 2.45) is 0 Å². The van der Waals surface area contributed by atoms with Crippen LogP contribution in [0.2, 0.25) is 0 Å². The number of amides is 4. The molecule has 1 fully saturated rings. The van der Waals surface area contributed by atoms with Crippen molar-refractivity contribution in [3.63, 3.8) is 0 Å². The molecule has 1 heterocycles. The first-order valence-corrected chi connectivity index (χ1v) is 15.1. The Bertz CT molecular complexity index is 1790. The van der Waals surface area contributed by atoms with Crippen LogP contribution in [0.15, 0.2) is 114 Å². The van der Waals surface area contributed by atoms with E-state index in [0.717, 1.165) is 4.90 Å². The number of anilines is 2. The molecule has 0 aliphatic carbocycles. The molecule has 11 nitrogen and oxygen atoms in total. The second kappa shape index (κ2) is 14.4. The quantitative estimate of drug-likeness (QED) is 0.0905. The van der Waals surface area contributed by atoms with Crippen molar-refractivity contribution < 1.29 is 28.8 Å². The SMILES string of the molecule is CCOc1ccc(/C=C(\NC(=O)c2ccccc2)C(=O)Nc2ccc(SC3CC(=O)N(c4ccc([N+](=O)[O-])cc4)C3=O)cc2)cc1. The Morgan fingerprint density at radius 1 is 0.957 bits per heavy atom. The Kier molecular flexibility index (Phi) is 9.88. The zero-order chi connectivity index (χ0) is 32.6. The largest absolute Gasteiger partial charge is 0.494 e. The van der Waals surface area contributed by atoms with Crippen LogP contribution < -0.4 is 20.3 Å². The highest BCUT2D eigenvalue weighted by molar-refractivity contribution is 8.00. The van der Waals surface area contributed by atoms with Crippen LogP contribution in [0.4, 0.5) is 17.1 Å². The van der Waals surface area contributed by atoms with Gasteiger partial charge in [-0.1, -0.05) is 30.3 Å². The van der Waals surface area contributed by atoms with E-state index in [1.54, 1.807) is 84.9 Å². The molecule has 0 bridgehead atoms. The minimum atomic E-state index is -0.681. The number of hydrogen-bond donors (Lipinski definition) is 2. The van der Waals surface area contributed by atoms with Crippen molar-refractivity contribution in [1.82, 2.24) is 5.32 Å². The summed E-state index contributed by atoms with van der Waals surface area (Å²) < 4.78 is 5.48. The molecule has 5 rings (SSSR count). The molecular weight excluding hydrogens is 608 g/mol. The van der Waals surface area contributed by atoms with E-state index in [0.29, 0.717) is 34.1 Å². The van der Waals surface area contributed by atoms with Gasteiger partial charge in [-0.2, -0.15) is 0 Å². The molecule has 0 aromatic heterocycles. The number of nitrogens with one attached hydrogen (secondary N) is 2. The molecular formula is C34H28N4O7S. The highest BCUT2D eigenvalue weighted by atomic mass is 32.2. The van der Waals surface area contributed by atoms with Gasteiger partial charge in [-0.3, -0.25) is 29.3 Å². The predicted molar refractivity (Wildman–Crippen MR) is 174 cm³/mol. The molecule has 4 aromatic carbocycles. The highest BCUT2D eigenvalue weighted by Crippen LogP contribution is 2.35. The number of carbonyl (C=O) groups excluding carboxylic acids is 4. The van der Waals surface area contributed by atoms with Crippen molar-refractivity contribution in [3.05, 3.63) is 130 Å². The van der Waals surface area contributed by atoms with Gasteiger partial charge in [-0.05, 0) is 79.2 Å². The molecule has 46 heavy (non-hydrogen) atoms. The van der Waals surface area contributed by atoms with E-state index in [2.05, 4.69) is 10.6 Å². The van der Waals surface area contributed by atoms with Gasteiger partial charge < -0.3 is 15.4 Å². The second-order valence-corrected chi connectivity index (χ2v) is 11.3. The third kappa shape index (κ3) is 7.66. The van der Waals surface area contributed by atoms with Crippen LogP contribution in [0.25, 0.3) is 6.08 Å². The fourth-order valence-corrected chi connectivity index (χ4v) is 5.66. The number of ether oxygens (including phenoxy) is 1.